The molecule has 2 aromatic rings. The molecule has 0 radical (unpaired) electrons. The second kappa shape index (κ2) is 8.17. The van der Waals surface area contributed by atoms with E-state index in [9.17, 15) is 9.59 Å². The number of aromatic nitrogens is 2. The zero-order chi connectivity index (χ0) is 18.5. The summed E-state index contributed by atoms with van der Waals surface area (Å²) in [6, 6.07) is 9.94. The smallest absolute Gasteiger partial charge is 0.230 e. The van der Waals surface area contributed by atoms with Crippen LogP contribution in [0.4, 0.5) is 5.82 Å². The van der Waals surface area contributed by atoms with Crippen LogP contribution in [0.15, 0.2) is 36.5 Å². The van der Waals surface area contributed by atoms with Gasteiger partial charge in [0.1, 0.15) is 5.82 Å². The van der Waals surface area contributed by atoms with Gasteiger partial charge in [-0.15, -0.1) is 0 Å². The average molecular weight is 354 g/mol. The summed E-state index contributed by atoms with van der Waals surface area (Å²) in [5.41, 5.74) is 2.28. The molecular formula is C20H26N4O2. The maximum Gasteiger partial charge on any atom is 0.230 e. The summed E-state index contributed by atoms with van der Waals surface area (Å²) in [5.74, 6) is 0.309. The quantitative estimate of drug-likeness (QED) is 0.831. The van der Waals surface area contributed by atoms with Crippen LogP contribution in [0, 0.1) is 12.8 Å². The minimum atomic E-state index is -0.317. The normalized spacial score (nSPS) is 16.9. The van der Waals surface area contributed by atoms with Crippen molar-refractivity contribution in [2.24, 2.45) is 5.92 Å². The molecule has 0 spiro atoms. The predicted octanol–water partition coefficient (Wildman–Crippen LogP) is 2.98. The van der Waals surface area contributed by atoms with Gasteiger partial charge < -0.3 is 10.2 Å². The lowest BCUT2D eigenvalue weighted by molar-refractivity contribution is -0.128. The lowest BCUT2D eigenvalue weighted by Gasteiger charge is -2.17. The van der Waals surface area contributed by atoms with Crippen molar-refractivity contribution >= 4 is 17.6 Å². The molecule has 1 aliphatic rings. The average Bonchev–Trinajstić information content (AvgIpc) is 3.22. The van der Waals surface area contributed by atoms with Crippen LogP contribution >= 0.6 is 0 Å². The highest BCUT2D eigenvalue weighted by Crippen LogP contribution is 2.22. The Morgan fingerprint density at radius 3 is 2.77 bits per heavy atom. The molecule has 1 aromatic carbocycles. The van der Waals surface area contributed by atoms with Gasteiger partial charge in [-0.25, -0.2) is 4.68 Å². The van der Waals surface area contributed by atoms with Gasteiger partial charge in [0.25, 0.3) is 0 Å². The summed E-state index contributed by atoms with van der Waals surface area (Å²) < 4.78 is 1.81. The number of hydrogen-bond donors (Lipinski definition) is 1. The highest BCUT2D eigenvalue weighted by atomic mass is 16.2. The fourth-order valence-corrected chi connectivity index (χ4v) is 3.17. The zero-order valence-corrected chi connectivity index (χ0v) is 15.4. The number of carbonyl (C=O) groups excluding carboxylic acids is 2. The number of unbranched alkanes of at least 4 members (excludes halogenated alkanes) is 1. The molecule has 0 saturated carbocycles. The summed E-state index contributed by atoms with van der Waals surface area (Å²) in [5, 5.41) is 7.19. The summed E-state index contributed by atoms with van der Waals surface area (Å²) in [7, 11) is 0. The van der Waals surface area contributed by atoms with Gasteiger partial charge >= 0.3 is 0 Å². The van der Waals surface area contributed by atoms with E-state index in [2.05, 4.69) is 17.3 Å². The number of amides is 2. The summed E-state index contributed by atoms with van der Waals surface area (Å²) >= 11 is 0. The van der Waals surface area contributed by atoms with Gasteiger partial charge in [0, 0.05) is 32.1 Å². The van der Waals surface area contributed by atoms with E-state index < -0.39 is 0 Å². The van der Waals surface area contributed by atoms with Crippen LogP contribution in [0.3, 0.4) is 0 Å². The number of nitrogens with zero attached hydrogens (tertiary/aromatic N) is 3. The first-order chi connectivity index (χ1) is 12.6. The Kier molecular flexibility index (Phi) is 5.71. The number of anilines is 1. The molecule has 26 heavy (non-hydrogen) atoms. The zero-order valence-electron chi connectivity index (χ0n) is 15.4. The lowest BCUT2D eigenvalue weighted by Crippen LogP contribution is -2.28. The van der Waals surface area contributed by atoms with Crippen LogP contribution in [0.1, 0.15) is 37.3 Å². The molecule has 1 N–H and O–H groups in total. The number of nitrogens with one attached hydrogen (secondary N) is 1. The Bertz CT molecular complexity index is 766. The molecule has 2 heterocycles. The molecular weight excluding hydrogens is 328 g/mol. The fraction of sp³-hybridized carbons (Fsp3) is 0.450. The van der Waals surface area contributed by atoms with Crippen molar-refractivity contribution in [1.29, 1.82) is 0 Å². The van der Waals surface area contributed by atoms with Gasteiger partial charge in [-0.3, -0.25) is 9.59 Å². The maximum absolute atomic E-state index is 12.6. The summed E-state index contributed by atoms with van der Waals surface area (Å²) in [4.78, 5) is 26.7. The molecule has 1 aromatic heterocycles. The van der Waals surface area contributed by atoms with Crippen molar-refractivity contribution in [2.75, 3.05) is 11.9 Å². The van der Waals surface area contributed by atoms with Gasteiger partial charge in [0.2, 0.25) is 11.8 Å². The SMILES string of the molecule is CCCCn1nccc1NC(=O)C1CC(=O)N(Cc2ccc(C)cc2)C1. The van der Waals surface area contributed by atoms with E-state index in [-0.39, 0.29) is 24.2 Å². The molecule has 138 valence electrons. The van der Waals surface area contributed by atoms with Crippen molar-refractivity contribution in [3.8, 4) is 0 Å². The molecule has 3 rings (SSSR count). The second-order valence-electron chi connectivity index (χ2n) is 6.94. The van der Waals surface area contributed by atoms with E-state index in [4.69, 9.17) is 0 Å². The molecule has 6 nitrogen and oxygen atoms in total. The third-order valence-electron chi connectivity index (χ3n) is 4.77. The summed E-state index contributed by atoms with van der Waals surface area (Å²) in [6.07, 6.45) is 4.03. The molecule has 1 unspecified atom stereocenters. The van der Waals surface area contributed by atoms with Crippen LogP contribution in [-0.2, 0) is 22.7 Å². The van der Waals surface area contributed by atoms with Crippen LogP contribution in [0.25, 0.3) is 0 Å². The highest BCUT2D eigenvalue weighted by molar-refractivity contribution is 5.96. The fourth-order valence-electron chi connectivity index (χ4n) is 3.17. The number of aryl methyl sites for hydroxylation is 2. The third-order valence-corrected chi connectivity index (χ3v) is 4.77. The number of hydrogen-bond acceptors (Lipinski definition) is 3. The number of carbonyl (C=O) groups is 2. The standard InChI is InChI=1S/C20H26N4O2/c1-3-4-11-24-18(9-10-21-24)22-20(26)17-12-19(25)23(14-17)13-16-7-5-15(2)6-8-16/h5-10,17H,3-4,11-14H2,1-2H3,(H,22,26). The van der Waals surface area contributed by atoms with E-state index in [1.54, 1.807) is 17.2 Å². The number of benzene rings is 1. The Hall–Kier alpha value is -2.63. The Morgan fingerprint density at radius 2 is 2.04 bits per heavy atom. The van der Waals surface area contributed by atoms with Crippen LogP contribution in [0.2, 0.25) is 0 Å². The number of rotatable bonds is 7. The molecule has 0 aliphatic carbocycles. The number of likely N-dealkylation sites (tertiary alicyclic amines) is 1. The highest BCUT2D eigenvalue weighted by Gasteiger charge is 2.34. The molecule has 2 amide bonds. The van der Waals surface area contributed by atoms with E-state index in [1.165, 1.54) is 5.56 Å². The van der Waals surface area contributed by atoms with Crippen molar-refractivity contribution < 1.29 is 9.59 Å². The minimum Gasteiger partial charge on any atom is -0.338 e. The van der Waals surface area contributed by atoms with Crippen molar-refractivity contribution in [1.82, 2.24) is 14.7 Å². The van der Waals surface area contributed by atoms with Crippen molar-refractivity contribution in [3.05, 3.63) is 47.7 Å². The Labute approximate surface area is 154 Å². The predicted molar refractivity (Wildman–Crippen MR) is 100 cm³/mol. The molecule has 0 bridgehead atoms. The van der Waals surface area contributed by atoms with Gasteiger partial charge in [-0.05, 0) is 18.9 Å². The monoisotopic (exact) mass is 354 g/mol. The minimum absolute atomic E-state index is 0.0326. The third kappa shape index (κ3) is 4.31. The van der Waals surface area contributed by atoms with Crippen LogP contribution < -0.4 is 5.32 Å². The van der Waals surface area contributed by atoms with Crippen LogP contribution in [0.5, 0.6) is 0 Å². The van der Waals surface area contributed by atoms with E-state index in [0.29, 0.717) is 18.9 Å². The van der Waals surface area contributed by atoms with E-state index >= 15 is 0 Å². The van der Waals surface area contributed by atoms with Gasteiger partial charge in [-0.2, -0.15) is 5.10 Å². The van der Waals surface area contributed by atoms with Crippen LogP contribution in [-0.4, -0.2) is 33.0 Å². The lowest BCUT2D eigenvalue weighted by atomic mass is 10.1. The maximum atomic E-state index is 12.6. The first-order valence-corrected chi connectivity index (χ1v) is 9.23. The molecule has 6 heteroatoms. The molecule has 1 fully saturated rings. The largest absolute Gasteiger partial charge is 0.338 e. The molecule has 1 aliphatic heterocycles. The first kappa shape index (κ1) is 18.2. The first-order valence-electron chi connectivity index (χ1n) is 9.23. The van der Waals surface area contributed by atoms with E-state index in [0.717, 1.165) is 24.9 Å². The molecule has 1 saturated heterocycles. The summed E-state index contributed by atoms with van der Waals surface area (Å²) in [6.45, 7) is 5.95. The Balaban J connectivity index is 1.58. The van der Waals surface area contributed by atoms with Crippen molar-refractivity contribution in [3.63, 3.8) is 0 Å². The second-order valence-corrected chi connectivity index (χ2v) is 6.94. The molecule has 1 atom stereocenters. The van der Waals surface area contributed by atoms with Gasteiger partial charge in [0.05, 0.1) is 12.1 Å². The Morgan fingerprint density at radius 1 is 1.27 bits per heavy atom. The van der Waals surface area contributed by atoms with Gasteiger partial charge in [-0.1, -0.05) is 43.2 Å². The van der Waals surface area contributed by atoms with Gasteiger partial charge in [0.15, 0.2) is 0 Å². The van der Waals surface area contributed by atoms with E-state index in [1.807, 2.05) is 35.9 Å². The topological polar surface area (TPSA) is 67.2 Å². The van der Waals surface area contributed by atoms with Crippen molar-refractivity contribution in [2.45, 2.75) is 46.2 Å².